The predicted molar refractivity (Wildman–Crippen MR) is 107 cm³/mol. The molecule has 0 bridgehead atoms. The normalized spacial score (nSPS) is 20.5. The van der Waals surface area contributed by atoms with Crippen molar-refractivity contribution in [3.8, 4) is 5.75 Å². The van der Waals surface area contributed by atoms with Crippen LogP contribution in [-0.2, 0) is 9.84 Å². The Morgan fingerprint density at radius 2 is 2.08 bits per heavy atom. The molecular weight excluding hydrogens is 350 g/mol. The lowest BCUT2D eigenvalue weighted by Gasteiger charge is -2.39. The minimum atomic E-state index is -3.07. The second kappa shape index (κ2) is 8.29. The fourth-order valence-corrected chi connectivity index (χ4v) is 4.51. The molecule has 146 valence electrons. The van der Waals surface area contributed by atoms with E-state index >= 15 is 0 Å². The minimum Gasteiger partial charge on any atom is -0.496 e. The second-order valence-electron chi connectivity index (χ2n) is 7.34. The van der Waals surface area contributed by atoms with E-state index in [2.05, 4.69) is 23.2 Å². The van der Waals surface area contributed by atoms with E-state index < -0.39 is 14.6 Å². The van der Waals surface area contributed by atoms with Crippen molar-refractivity contribution in [3.05, 3.63) is 29.8 Å². The zero-order valence-electron chi connectivity index (χ0n) is 16.4. The van der Waals surface area contributed by atoms with Gasteiger partial charge in [-0.05, 0) is 32.4 Å². The molecule has 2 rings (SSSR count). The largest absolute Gasteiger partial charge is 0.496 e. The molecule has 1 N–H and O–H groups in total. The summed E-state index contributed by atoms with van der Waals surface area (Å²) in [7, 11) is -1.39. The van der Waals surface area contributed by atoms with Gasteiger partial charge in [0.2, 0.25) is 0 Å². The summed E-state index contributed by atoms with van der Waals surface area (Å²) in [5, 5.41) is 3.30. The number of hydrogen-bond acceptors (Lipinski definition) is 4. The molecule has 1 unspecified atom stereocenters. The van der Waals surface area contributed by atoms with Gasteiger partial charge in [-0.1, -0.05) is 25.1 Å². The third-order valence-electron chi connectivity index (χ3n) is 4.86. The summed E-state index contributed by atoms with van der Waals surface area (Å²) < 4.78 is 29.2. The molecule has 1 aromatic rings. The predicted octanol–water partition coefficient (Wildman–Crippen LogP) is 2.27. The van der Waals surface area contributed by atoms with E-state index in [1.807, 2.05) is 25.1 Å². The summed E-state index contributed by atoms with van der Waals surface area (Å²) in [6.07, 6.45) is 0. The molecule has 1 atom stereocenters. The molecule has 0 radical (unpaired) electrons. The van der Waals surface area contributed by atoms with E-state index in [1.54, 1.807) is 21.0 Å². The highest BCUT2D eigenvalue weighted by atomic mass is 32.2. The topological polar surface area (TPSA) is 71.0 Å². The summed E-state index contributed by atoms with van der Waals surface area (Å²) in [6, 6.07) is 7.97. The Balaban J connectivity index is 2.16. The van der Waals surface area contributed by atoms with E-state index in [0.29, 0.717) is 19.6 Å². The molecule has 7 heteroatoms. The van der Waals surface area contributed by atoms with Crippen molar-refractivity contribution in [2.75, 3.05) is 39.0 Å². The highest BCUT2D eigenvalue weighted by molar-refractivity contribution is 7.92. The Kier molecular flexibility index (Phi) is 6.55. The van der Waals surface area contributed by atoms with Gasteiger partial charge >= 0.3 is 0 Å². The van der Waals surface area contributed by atoms with Crippen LogP contribution in [0.3, 0.4) is 0 Å². The van der Waals surface area contributed by atoms with Crippen LogP contribution in [0, 0.1) is 0 Å². The average Bonchev–Trinajstić information content (AvgIpc) is 2.60. The summed E-state index contributed by atoms with van der Waals surface area (Å²) >= 11 is 0. The number of hydrogen-bond donors (Lipinski definition) is 1. The van der Waals surface area contributed by atoms with Gasteiger partial charge < -0.3 is 15.0 Å². The van der Waals surface area contributed by atoms with E-state index in [-0.39, 0.29) is 11.7 Å². The van der Waals surface area contributed by atoms with Crippen LogP contribution in [0.5, 0.6) is 5.75 Å². The van der Waals surface area contributed by atoms with Gasteiger partial charge in [-0.15, -0.1) is 0 Å². The van der Waals surface area contributed by atoms with Crippen LogP contribution in [0.1, 0.15) is 39.2 Å². The molecule has 0 aromatic heterocycles. The van der Waals surface area contributed by atoms with Gasteiger partial charge in [0.05, 0.1) is 17.6 Å². The Bertz CT molecular complexity index is 744. The van der Waals surface area contributed by atoms with Crippen LogP contribution in [0.25, 0.3) is 0 Å². The minimum absolute atomic E-state index is 0.159. The van der Waals surface area contributed by atoms with Gasteiger partial charge in [-0.2, -0.15) is 0 Å². The fraction of sp³-hybridized carbons (Fsp3) is 0.632. The number of ether oxygens (including phenoxy) is 1. The highest BCUT2D eigenvalue weighted by Crippen LogP contribution is 2.27. The van der Waals surface area contributed by atoms with E-state index in [1.165, 1.54) is 0 Å². The SMILES string of the molecule is CCNC(=NCC(C)c1ccccc1OC)N1CCS(=O)(=O)C(C)(C)C1. The average molecular weight is 382 g/mol. The molecule has 1 fully saturated rings. The van der Waals surface area contributed by atoms with Crippen molar-refractivity contribution in [2.45, 2.75) is 38.4 Å². The summed E-state index contributed by atoms with van der Waals surface area (Å²) in [4.78, 5) is 6.84. The third kappa shape index (κ3) is 4.50. The highest BCUT2D eigenvalue weighted by Gasteiger charge is 2.40. The number of benzene rings is 1. The van der Waals surface area contributed by atoms with Crippen molar-refractivity contribution in [1.82, 2.24) is 10.2 Å². The molecule has 0 spiro atoms. The Morgan fingerprint density at radius 3 is 2.69 bits per heavy atom. The monoisotopic (exact) mass is 381 g/mol. The van der Waals surface area contributed by atoms with Crippen LogP contribution in [0.2, 0.25) is 0 Å². The molecule has 1 aliphatic rings. The Hall–Kier alpha value is -1.76. The number of sulfone groups is 1. The summed E-state index contributed by atoms with van der Waals surface area (Å²) in [5.41, 5.74) is 1.12. The van der Waals surface area contributed by atoms with Crippen molar-refractivity contribution >= 4 is 15.8 Å². The third-order valence-corrected chi connectivity index (χ3v) is 7.40. The van der Waals surface area contributed by atoms with Crippen LogP contribution >= 0.6 is 0 Å². The lowest BCUT2D eigenvalue weighted by molar-refractivity contribution is 0.353. The van der Waals surface area contributed by atoms with Crippen molar-refractivity contribution in [2.24, 2.45) is 4.99 Å². The molecule has 0 aliphatic carbocycles. The van der Waals surface area contributed by atoms with Gasteiger partial charge in [-0.3, -0.25) is 4.99 Å². The molecule has 26 heavy (non-hydrogen) atoms. The van der Waals surface area contributed by atoms with E-state index in [0.717, 1.165) is 23.8 Å². The zero-order valence-corrected chi connectivity index (χ0v) is 17.3. The van der Waals surface area contributed by atoms with Gasteiger partial charge in [-0.25, -0.2) is 8.42 Å². The molecule has 0 amide bonds. The number of nitrogens with zero attached hydrogens (tertiary/aromatic N) is 2. The molecule has 1 aromatic carbocycles. The lowest BCUT2D eigenvalue weighted by Crippen LogP contribution is -2.57. The molecule has 0 saturated carbocycles. The van der Waals surface area contributed by atoms with Crippen LogP contribution in [0.4, 0.5) is 0 Å². The number of methoxy groups -OCH3 is 1. The standard InChI is InChI=1S/C19H31N3O3S/c1-6-20-18(22-11-12-26(23,24)19(3,4)14-22)21-13-15(2)16-9-7-8-10-17(16)25-5/h7-10,15H,6,11-14H2,1-5H3,(H,20,21). The number of rotatable bonds is 5. The van der Waals surface area contributed by atoms with Crippen LogP contribution in [-0.4, -0.2) is 63.1 Å². The zero-order chi connectivity index (χ0) is 19.4. The maximum atomic E-state index is 12.3. The molecule has 1 heterocycles. The summed E-state index contributed by atoms with van der Waals surface area (Å²) in [5.74, 6) is 2.00. The summed E-state index contributed by atoms with van der Waals surface area (Å²) in [6.45, 7) is 9.98. The molecule has 6 nitrogen and oxygen atoms in total. The number of nitrogens with one attached hydrogen (secondary N) is 1. The van der Waals surface area contributed by atoms with Crippen molar-refractivity contribution in [3.63, 3.8) is 0 Å². The van der Waals surface area contributed by atoms with E-state index in [9.17, 15) is 8.42 Å². The number of aliphatic imine (C=N–C) groups is 1. The first-order valence-corrected chi connectivity index (χ1v) is 10.8. The van der Waals surface area contributed by atoms with Crippen LogP contribution < -0.4 is 10.1 Å². The quantitative estimate of drug-likeness (QED) is 0.626. The Labute approximate surface area is 157 Å². The van der Waals surface area contributed by atoms with Gasteiger partial charge in [0.25, 0.3) is 0 Å². The molecule has 1 saturated heterocycles. The number of guanidine groups is 1. The first-order chi connectivity index (χ1) is 12.2. The number of para-hydroxylation sites is 1. The molecular formula is C19H31N3O3S. The van der Waals surface area contributed by atoms with Gasteiger partial charge in [0, 0.05) is 32.1 Å². The maximum Gasteiger partial charge on any atom is 0.194 e. The smallest absolute Gasteiger partial charge is 0.194 e. The van der Waals surface area contributed by atoms with Crippen LogP contribution in [0.15, 0.2) is 29.3 Å². The lowest BCUT2D eigenvalue weighted by atomic mass is 10.0. The maximum absolute atomic E-state index is 12.3. The van der Waals surface area contributed by atoms with Gasteiger partial charge in [0.15, 0.2) is 15.8 Å². The first-order valence-electron chi connectivity index (χ1n) is 9.10. The second-order valence-corrected chi connectivity index (χ2v) is 10.1. The molecule has 1 aliphatic heterocycles. The fourth-order valence-electron chi connectivity index (χ4n) is 3.15. The van der Waals surface area contributed by atoms with Gasteiger partial charge in [0.1, 0.15) is 5.75 Å². The van der Waals surface area contributed by atoms with E-state index in [4.69, 9.17) is 9.73 Å². The first kappa shape index (κ1) is 20.6. The van der Waals surface area contributed by atoms with Crippen molar-refractivity contribution < 1.29 is 13.2 Å². The Morgan fingerprint density at radius 1 is 1.38 bits per heavy atom. The van der Waals surface area contributed by atoms with Crippen molar-refractivity contribution in [1.29, 1.82) is 0 Å².